The first-order valence-corrected chi connectivity index (χ1v) is 6.29. The van der Waals surface area contributed by atoms with Crippen LogP contribution in [0.1, 0.15) is 11.1 Å². The lowest BCUT2D eigenvalue weighted by Gasteiger charge is -2.06. The Hall–Kier alpha value is -1.38. The van der Waals surface area contributed by atoms with Gasteiger partial charge in [-0.25, -0.2) is 0 Å². The minimum absolute atomic E-state index is 0.375. The molecule has 0 fully saturated rings. The van der Waals surface area contributed by atoms with Gasteiger partial charge in [0.1, 0.15) is 0 Å². The van der Waals surface area contributed by atoms with Crippen LogP contribution in [-0.4, -0.2) is 40.1 Å². The third-order valence-electron chi connectivity index (χ3n) is 2.33. The van der Waals surface area contributed by atoms with Gasteiger partial charge in [0.15, 0.2) is 0 Å². The molecule has 0 aromatic heterocycles. The maximum atomic E-state index is 5.52. The van der Waals surface area contributed by atoms with Crippen molar-refractivity contribution in [2.75, 3.05) is 40.1 Å². The molecule has 2 N–H and O–H groups in total. The van der Waals surface area contributed by atoms with Crippen molar-refractivity contribution >= 4 is 0 Å². The van der Waals surface area contributed by atoms with Crippen molar-refractivity contribution in [2.24, 2.45) is 5.73 Å². The van der Waals surface area contributed by atoms with E-state index in [4.69, 9.17) is 19.9 Å². The molecule has 0 saturated carbocycles. The quantitative estimate of drug-likeness (QED) is 0.565. The van der Waals surface area contributed by atoms with E-state index in [0.29, 0.717) is 39.6 Å². The highest BCUT2D eigenvalue weighted by molar-refractivity contribution is 5.37. The average Bonchev–Trinajstić information content (AvgIpc) is 2.44. The van der Waals surface area contributed by atoms with E-state index in [1.807, 2.05) is 24.3 Å². The zero-order valence-corrected chi connectivity index (χ0v) is 11.4. The van der Waals surface area contributed by atoms with Crippen molar-refractivity contribution in [3.8, 4) is 11.8 Å². The lowest BCUT2D eigenvalue weighted by Crippen LogP contribution is -2.08. The molecule has 0 unspecified atom stereocenters. The fraction of sp³-hybridized carbons (Fsp3) is 0.467. The number of ether oxygens (including phenoxy) is 3. The number of hydrogen-bond donors (Lipinski definition) is 1. The Bertz CT molecular complexity index is 409. The Morgan fingerprint density at radius 1 is 1.11 bits per heavy atom. The molecule has 0 aliphatic carbocycles. The number of methoxy groups -OCH3 is 1. The van der Waals surface area contributed by atoms with Crippen LogP contribution in [-0.2, 0) is 20.8 Å². The van der Waals surface area contributed by atoms with Crippen LogP contribution in [0.5, 0.6) is 0 Å². The van der Waals surface area contributed by atoms with Crippen LogP contribution in [0.25, 0.3) is 0 Å². The first-order chi connectivity index (χ1) is 9.36. The van der Waals surface area contributed by atoms with Gasteiger partial charge in [-0.1, -0.05) is 24.0 Å². The first-order valence-electron chi connectivity index (χ1n) is 6.29. The molecule has 0 aliphatic heterocycles. The molecule has 0 heterocycles. The zero-order valence-electron chi connectivity index (χ0n) is 11.4. The van der Waals surface area contributed by atoms with Crippen molar-refractivity contribution in [2.45, 2.75) is 6.61 Å². The largest absolute Gasteiger partial charge is 0.382 e. The maximum Gasteiger partial charge on any atom is 0.0718 e. The van der Waals surface area contributed by atoms with E-state index in [-0.39, 0.29) is 0 Å². The predicted octanol–water partition coefficient (Wildman–Crippen LogP) is 1.18. The molecule has 104 valence electrons. The highest BCUT2D eigenvalue weighted by Crippen LogP contribution is 2.05. The third-order valence-corrected chi connectivity index (χ3v) is 2.33. The lowest BCUT2D eigenvalue weighted by molar-refractivity contribution is 0.0199. The van der Waals surface area contributed by atoms with Gasteiger partial charge in [-0.15, -0.1) is 0 Å². The Morgan fingerprint density at radius 2 is 1.89 bits per heavy atom. The highest BCUT2D eigenvalue weighted by Gasteiger charge is 1.95. The number of nitrogens with two attached hydrogens (primary N) is 1. The van der Waals surface area contributed by atoms with E-state index in [0.717, 1.165) is 11.1 Å². The summed E-state index contributed by atoms with van der Waals surface area (Å²) in [4.78, 5) is 0. The van der Waals surface area contributed by atoms with Crippen LogP contribution in [0.2, 0.25) is 0 Å². The van der Waals surface area contributed by atoms with Crippen molar-refractivity contribution in [3.63, 3.8) is 0 Å². The van der Waals surface area contributed by atoms with Crippen LogP contribution < -0.4 is 5.73 Å². The van der Waals surface area contributed by atoms with E-state index >= 15 is 0 Å². The Kier molecular flexibility index (Phi) is 8.69. The summed E-state index contributed by atoms with van der Waals surface area (Å²) in [6.45, 7) is 3.30. The summed E-state index contributed by atoms with van der Waals surface area (Å²) in [5.74, 6) is 5.83. The second-order valence-corrected chi connectivity index (χ2v) is 3.86. The van der Waals surface area contributed by atoms with E-state index < -0.39 is 0 Å². The number of rotatable bonds is 8. The molecule has 1 aromatic rings. The monoisotopic (exact) mass is 263 g/mol. The fourth-order valence-electron chi connectivity index (χ4n) is 1.44. The summed E-state index contributed by atoms with van der Waals surface area (Å²) in [7, 11) is 1.65. The third kappa shape index (κ3) is 7.60. The topological polar surface area (TPSA) is 53.7 Å². The minimum atomic E-state index is 0.375. The minimum Gasteiger partial charge on any atom is -0.382 e. The number of hydrogen-bond acceptors (Lipinski definition) is 4. The first kappa shape index (κ1) is 15.7. The van der Waals surface area contributed by atoms with Gasteiger partial charge in [0, 0.05) is 12.7 Å². The highest BCUT2D eigenvalue weighted by atomic mass is 16.5. The Labute approximate surface area is 114 Å². The van der Waals surface area contributed by atoms with Gasteiger partial charge in [0.05, 0.1) is 39.6 Å². The Morgan fingerprint density at radius 3 is 2.68 bits per heavy atom. The van der Waals surface area contributed by atoms with Gasteiger partial charge >= 0.3 is 0 Å². The van der Waals surface area contributed by atoms with Crippen LogP contribution in [0.3, 0.4) is 0 Å². The van der Waals surface area contributed by atoms with E-state index in [1.54, 1.807) is 7.11 Å². The van der Waals surface area contributed by atoms with Gasteiger partial charge in [-0.3, -0.25) is 0 Å². The second kappa shape index (κ2) is 10.5. The van der Waals surface area contributed by atoms with Crippen LogP contribution in [0, 0.1) is 11.8 Å². The molecule has 0 spiro atoms. The maximum absolute atomic E-state index is 5.52. The molecule has 0 aliphatic rings. The normalized spacial score (nSPS) is 10.0. The fourth-order valence-corrected chi connectivity index (χ4v) is 1.44. The molecule has 0 radical (unpaired) electrons. The smallest absolute Gasteiger partial charge is 0.0718 e. The van der Waals surface area contributed by atoms with Crippen LogP contribution in [0.15, 0.2) is 24.3 Å². The van der Waals surface area contributed by atoms with Gasteiger partial charge < -0.3 is 19.9 Å². The van der Waals surface area contributed by atoms with Crippen molar-refractivity contribution in [3.05, 3.63) is 35.4 Å². The molecule has 1 rings (SSSR count). The lowest BCUT2D eigenvalue weighted by atomic mass is 10.1. The number of benzene rings is 1. The van der Waals surface area contributed by atoms with Gasteiger partial charge in [0.2, 0.25) is 0 Å². The summed E-state index contributed by atoms with van der Waals surface area (Å²) >= 11 is 0. The zero-order chi connectivity index (χ0) is 13.8. The van der Waals surface area contributed by atoms with E-state index in [2.05, 4.69) is 11.8 Å². The van der Waals surface area contributed by atoms with Crippen LogP contribution >= 0.6 is 0 Å². The molecule has 4 nitrogen and oxygen atoms in total. The summed E-state index contributed by atoms with van der Waals surface area (Å²) in [5.41, 5.74) is 7.40. The van der Waals surface area contributed by atoms with Crippen molar-refractivity contribution in [1.29, 1.82) is 0 Å². The molecule has 0 bridgehead atoms. The van der Waals surface area contributed by atoms with E-state index in [9.17, 15) is 0 Å². The van der Waals surface area contributed by atoms with E-state index in [1.165, 1.54) is 0 Å². The standard InChI is InChI=1S/C15H21NO3/c1-17-8-9-18-10-11-19-13-15-5-2-4-14(12-15)6-3-7-16/h2,4-5,12H,7-11,13,16H2,1H3. The molecule has 19 heavy (non-hydrogen) atoms. The summed E-state index contributed by atoms with van der Waals surface area (Å²) in [5, 5.41) is 0. The molecular weight excluding hydrogens is 242 g/mol. The van der Waals surface area contributed by atoms with Crippen molar-refractivity contribution in [1.82, 2.24) is 0 Å². The molecule has 1 aromatic carbocycles. The van der Waals surface area contributed by atoms with Gasteiger partial charge in [-0.2, -0.15) is 0 Å². The predicted molar refractivity (Wildman–Crippen MR) is 74.7 cm³/mol. The van der Waals surface area contributed by atoms with Crippen molar-refractivity contribution < 1.29 is 14.2 Å². The molecule has 4 heteroatoms. The molecule has 0 amide bonds. The summed E-state index contributed by atoms with van der Waals surface area (Å²) in [6.07, 6.45) is 0. The summed E-state index contributed by atoms with van der Waals surface area (Å²) in [6, 6.07) is 7.95. The molecule has 0 saturated heterocycles. The molecular formula is C15H21NO3. The SMILES string of the molecule is COCCOCCOCc1cccc(C#CCN)c1. The average molecular weight is 263 g/mol. The Balaban J connectivity index is 2.22. The van der Waals surface area contributed by atoms with Gasteiger partial charge in [0.25, 0.3) is 0 Å². The molecule has 0 atom stereocenters. The van der Waals surface area contributed by atoms with Gasteiger partial charge in [-0.05, 0) is 17.7 Å². The van der Waals surface area contributed by atoms with Crippen LogP contribution in [0.4, 0.5) is 0 Å². The summed E-state index contributed by atoms with van der Waals surface area (Å²) < 4.78 is 15.7. The second-order valence-electron chi connectivity index (χ2n) is 3.86.